The first kappa shape index (κ1) is 8.23. The third kappa shape index (κ3) is 0.873. The first-order chi connectivity index (χ1) is 5.68. The number of hydrogen-bond donors (Lipinski definition) is 1. The van der Waals surface area contributed by atoms with Crippen molar-refractivity contribution in [2.45, 2.75) is 25.4 Å². The summed E-state index contributed by atoms with van der Waals surface area (Å²) in [6, 6.07) is 0.486. The zero-order valence-corrected chi connectivity index (χ0v) is 8.28. The van der Waals surface area contributed by atoms with E-state index in [0.717, 1.165) is 18.1 Å². The molecule has 0 aromatic heterocycles. The highest BCUT2D eigenvalue weighted by molar-refractivity contribution is 7.99. The fraction of sp³-hybridized carbons (Fsp3) is 0.875. The van der Waals surface area contributed by atoms with Crippen LogP contribution in [0, 0.1) is 0 Å². The average molecular weight is 186 g/mol. The van der Waals surface area contributed by atoms with Gasteiger partial charge < -0.3 is 10.2 Å². The Morgan fingerprint density at radius 3 is 3.25 bits per heavy atom. The first-order valence-corrected chi connectivity index (χ1v) is 5.50. The maximum absolute atomic E-state index is 11.4. The van der Waals surface area contributed by atoms with Gasteiger partial charge in [-0.05, 0) is 13.8 Å². The van der Waals surface area contributed by atoms with Crippen LogP contribution >= 0.6 is 11.8 Å². The summed E-state index contributed by atoms with van der Waals surface area (Å²) in [7, 11) is 0. The van der Waals surface area contributed by atoms with Gasteiger partial charge in [-0.3, -0.25) is 0 Å². The predicted molar refractivity (Wildman–Crippen MR) is 50.4 cm³/mol. The average Bonchev–Trinajstić information content (AvgIpc) is 2.43. The van der Waals surface area contributed by atoms with Crippen LogP contribution in [0.15, 0.2) is 0 Å². The Morgan fingerprint density at radius 1 is 1.83 bits per heavy atom. The molecule has 2 heterocycles. The van der Waals surface area contributed by atoms with Gasteiger partial charge in [-0.1, -0.05) is 0 Å². The van der Waals surface area contributed by atoms with Crippen LogP contribution < -0.4 is 5.32 Å². The second-order valence-electron chi connectivity index (χ2n) is 3.62. The number of amides is 2. The molecule has 2 fully saturated rings. The lowest BCUT2D eigenvalue weighted by molar-refractivity contribution is 0.178. The number of rotatable bonds is 1. The summed E-state index contributed by atoms with van der Waals surface area (Å²) >= 11 is 1.93. The summed E-state index contributed by atoms with van der Waals surface area (Å²) in [4.78, 5) is 13.4. The van der Waals surface area contributed by atoms with E-state index in [1.807, 2.05) is 23.6 Å². The van der Waals surface area contributed by atoms with Gasteiger partial charge in [0, 0.05) is 18.1 Å². The van der Waals surface area contributed by atoms with Crippen molar-refractivity contribution >= 4 is 17.8 Å². The predicted octanol–water partition coefficient (Wildman–Crippen LogP) is 0.906. The van der Waals surface area contributed by atoms with Gasteiger partial charge in [-0.2, -0.15) is 11.8 Å². The molecule has 0 bridgehead atoms. The Bertz CT molecular complexity index is 221. The maximum Gasteiger partial charge on any atom is 0.318 e. The van der Waals surface area contributed by atoms with Crippen LogP contribution in [-0.4, -0.2) is 40.6 Å². The van der Waals surface area contributed by atoms with Crippen molar-refractivity contribution in [3.63, 3.8) is 0 Å². The number of likely N-dealkylation sites (N-methyl/N-ethyl adjacent to an activating group) is 1. The standard InChI is InChI=1S/C8H14N2OS/c1-3-10-7(11)9-6-4-12-5-8(6,10)2/h6H,3-5H2,1-2H3,(H,9,11). The van der Waals surface area contributed by atoms with Crippen molar-refractivity contribution in [1.82, 2.24) is 10.2 Å². The topological polar surface area (TPSA) is 32.3 Å². The molecule has 2 aliphatic heterocycles. The fourth-order valence-corrected chi connectivity index (χ4v) is 3.66. The number of carbonyl (C=O) groups is 1. The molecule has 4 heteroatoms. The van der Waals surface area contributed by atoms with Gasteiger partial charge >= 0.3 is 6.03 Å². The normalized spacial score (nSPS) is 40.0. The van der Waals surface area contributed by atoms with E-state index in [2.05, 4.69) is 12.2 Å². The van der Waals surface area contributed by atoms with Crippen LogP contribution in [0.3, 0.4) is 0 Å². The second kappa shape index (κ2) is 2.55. The summed E-state index contributed by atoms with van der Waals surface area (Å²) in [5, 5.41) is 3.02. The molecule has 0 radical (unpaired) electrons. The van der Waals surface area contributed by atoms with Gasteiger partial charge in [0.1, 0.15) is 0 Å². The van der Waals surface area contributed by atoms with E-state index in [-0.39, 0.29) is 11.6 Å². The van der Waals surface area contributed by atoms with Crippen LogP contribution in [0.1, 0.15) is 13.8 Å². The number of urea groups is 1. The third-order valence-electron chi connectivity index (χ3n) is 2.91. The first-order valence-electron chi connectivity index (χ1n) is 4.34. The van der Waals surface area contributed by atoms with Gasteiger partial charge in [0.2, 0.25) is 0 Å². The highest BCUT2D eigenvalue weighted by Gasteiger charge is 2.51. The van der Waals surface area contributed by atoms with Gasteiger partial charge in [0.25, 0.3) is 0 Å². The lowest BCUT2D eigenvalue weighted by Crippen LogP contribution is -2.48. The zero-order chi connectivity index (χ0) is 8.77. The van der Waals surface area contributed by atoms with E-state index in [1.54, 1.807) is 0 Å². The molecule has 3 nitrogen and oxygen atoms in total. The minimum absolute atomic E-state index is 0.0799. The quantitative estimate of drug-likeness (QED) is 0.617. The molecule has 2 atom stereocenters. The lowest BCUT2D eigenvalue weighted by atomic mass is 9.97. The molecule has 0 aliphatic carbocycles. The van der Waals surface area contributed by atoms with Crippen LogP contribution in [0.4, 0.5) is 4.79 Å². The van der Waals surface area contributed by atoms with Crippen molar-refractivity contribution in [2.75, 3.05) is 18.1 Å². The molecule has 2 rings (SSSR count). The van der Waals surface area contributed by atoms with E-state index in [1.165, 1.54) is 0 Å². The Morgan fingerprint density at radius 2 is 2.58 bits per heavy atom. The molecule has 2 amide bonds. The van der Waals surface area contributed by atoms with Crippen molar-refractivity contribution in [2.24, 2.45) is 0 Å². The molecular weight excluding hydrogens is 172 g/mol. The molecule has 0 saturated carbocycles. The Hall–Kier alpha value is -0.380. The number of fused-ring (bicyclic) bond motifs is 1. The lowest BCUT2D eigenvalue weighted by Gasteiger charge is -2.31. The van der Waals surface area contributed by atoms with Gasteiger partial charge in [-0.15, -0.1) is 0 Å². The van der Waals surface area contributed by atoms with Crippen molar-refractivity contribution in [1.29, 1.82) is 0 Å². The van der Waals surface area contributed by atoms with Crippen LogP contribution in [-0.2, 0) is 0 Å². The largest absolute Gasteiger partial charge is 0.332 e. The summed E-state index contributed by atoms with van der Waals surface area (Å²) < 4.78 is 0. The molecule has 0 aromatic carbocycles. The second-order valence-corrected chi connectivity index (χ2v) is 4.65. The van der Waals surface area contributed by atoms with Crippen molar-refractivity contribution < 1.29 is 4.79 Å². The molecule has 0 aromatic rings. The number of nitrogens with one attached hydrogen (secondary N) is 1. The monoisotopic (exact) mass is 186 g/mol. The maximum atomic E-state index is 11.4. The number of thioether (sulfide) groups is 1. The molecular formula is C8H14N2OS. The van der Waals surface area contributed by atoms with Gasteiger partial charge in [0.15, 0.2) is 0 Å². The Balaban J connectivity index is 2.27. The Kier molecular flexibility index (Phi) is 1.75. The van der Waals surface area contributed by atoms with Crippen molar-refractivity contribution in [3.8, 4) is 0 Å². The summed E-state index contributed by atoms with van der Waals surface area (Å²) in [6.45, 7) is 5.04. The highest BCUT2D eigenvalue weighted by Crippen LogP contribution is 2.37. The van der Waals surface area contributed by atoms with E-state index in [4.69, 9.17) is 0 Å². The Labute approximate surface area is 76.9 Å². The summed E-state index contributed by atoms with van der Waals surface area (Å²) in [5.74, 6) is 2.14. The van der Waals surface area contributed by atoms with Gasteiger partial charge in [-0.25, -0.2) is 4.79 Å². The fourth-order valence-electron chi connectivity index (χ4n) is 2.09. The van der Waals surface area contributed by atoms with E-state index in [9.17, 15) is 4.79 Å². The molecule has 1 N–H and O–H groups in total. The van der Waals surface area contributed by atoms with Crippen LogP contribution in [0.5, 0.6) is 0 Å². The minimum Gasteiger partial charge on any atom is -0.332 e. The third-order valence-corrected chi connectivity index (χ3v) is 4.26. The van der Waals surface area contributed by atoms with Crippen LogP contribution in [0.25, 0.3) is 0 Å². The van der Waals surface area contributed by atoms with Gasteiger partial charge in [0.05, 0.1) is 11.6 Å². The number of carbonyl (C=O) groups excluding carboxylic acids is 1. The molecule has 2 unspecified atom stereocenters. The zero-order valence-electron chi connectivity index (χ0n) is 7.46. The highest BCUT2D eigenvalue weighted by atomic mass is 32.2. The molecule has 0 spiro atoms. The number of hydrogen-bond acceptors (Lipinski definition) is 2. The summed E-state index contributed by atoms with van der Waals surface area (Å²) in [6.07, 6.45) is 0. The van der Waals surface area contributed by atoms with E-state index >= 15 is 0 Å². The minimum atomic E-state index is 0.0799. The molecule has 68 valence electrons. The smallest absolute Gasteiger partial charge is 0.318 e. The SMILES string of the molecule is CCN1C(=O)NC2CSCC21C. The van der Waals surface area contributed by atoms with Crippen LogP contribution in [0.2, 0.25) is 0 Å². The summed E-state index contributed by atoms with van der Waals surface area (Å²) in [5.41, 5.74) is 0.0799. The molecule has 2 aliphatic rings. The molecule has 12 heavy (non-hydrogen) atoms. The molecule has 2 saturated heterocycles. The van der Waals surface area contributed by atoms with Crippen molar-refractivity contribution in [3.05, 3.63) is 0 Å². The van der Waals surface area contributed by atoms with E-state index in [0.29, 0.717) is 6.04 Å². The number of nitrogens with zero attached hydrogens (tertiary/aromatic N) is 1. The van der Waals surface area contributed by atoms with E-state index < -0.39 is 0 Å².